The van der Waals surface area contributed by atoms with Gasteiger partial charge in [0.2, 0.25) is 5.56 Å². The van der Waals surface area contributed by atoms with Crippen LogP contribution >= 0.6 is 22.6 Å². The number of rotatable bonds is 2. The minimum absolute atomic E-state index is 0.140. The van der Waals surface area contributed by atoms with Crippen LogP contribution in [0.1, 0.15) is 36.7 Å². The summed E-state index contributed by atoms with van der Waals surface area (Å²) in [7, 11) is 0. The lowest BCUT2D eigenvalue weighted by Crippen LogP contribution is -2.17. The van der Waals surface area contributed by atoms with E-state index >= 15 is 0 Å². The summed E-state index contributed by atoms with van der Waals surface area (Å²) in [4.78, 5) is 27.3. The zero-order valence-corrected chi connectivity index (χ0v) is 16.5. The van der Waals surface area contributed by atoms with E-state index in [2.05, 4.69) is 53.7 Å². The number of fused-ring (bicyclic) bond motifs is 1. The topological polar surface area (TPSA) is 62.0 Å². The van der Waals surface area contributed by atoms with Crippen LogP contribution in [0.2, 0.25) is 0 Å². The Bertz CT molecular complexity index is 1020. The van der Waals surface area contributed by atoms with Crippen molar-refractivity contribution < 1.29 is 4.79 Å². The van der Waals surface area contributed by atoms with Crippen molar-refractivity contribution in [2.75, 3.05) is 5.32 Å². The molecule has 0 spiro atoms. The first-order chi connectivity index (χ1) is 11.8. The Kier molecular flexibility index (Phi) is 4.69. The Morgan fingerprint density at radius 1 is 1.08 bits per heavy atom. The third-order valence-electron chi connectivity index (χ3n) is 4.03. The maximum atomic E-state index is 12.5. The number of amides is 1. The Balaban J connectivity index is 2.01. The third-order valence-corrected chi connectivity index (χ3v) is 4.97. The molecule has 0 bridgehead atoms. The van der Waals surface area contributed by atoms with E-state index in [9.17, 15) is 9.59 Å². The number of halogens is 1. The molecule has 0 saturated carbocycles. The Morgan fingerprint density at radius 2 is 1.80 bits per heavy atom. The minimum Gasteiger partial charge on any atom is -0.322 e. The lowest BCUT2D eigenvalue weighted by molar-refractivity contribution is 0.102. The number of hydrogen-bond donors (Lipinski definition) is 2. The highest BCUT2D eigenvalue weighted by atomic mass is 127. The van der Waals surface area contributed by atoms with Crippen LogP contribution in [0.3, 0.4) is 0 Å². The number of nitrogens with one attached hydrogen (secondary N) is 2. The number of carbonyl (C=O) groups excluding carboxylic acids is 1. The Labute approximate surface area is 159 Å². The van der Waals surface area contributed by atoms with Gasteiger partial charge in [0, 0.05) is 20.7 Å². The molecule has 0 fully saturated rings. The lowest BCUT2D eigenvalue weighted by Gasteiger charge is -2.21. The molecular weight excluding hydrogens is 427 g/mol. The second-order valence-electron chi connectivity index (χ2n) is 6.99. The zero-order chi connectivity index (χ0) is 18.2. The van der Waals surface area contributed by atoms with Gasteiger partial charge in [0.15, 0.2) is 0 Å². The first kappa shape index (κ1) is 17.7. The van der Waals surface area contributed by atoms with Crippen molar-refractivity contribution in [1.82, 2.24) is 4.98 Å². The van der Waals surface area contributed by atoms with Gasteiger partial charge in [0.05, 0.1) is 11.1 Å². The van der Waals surface area contributed by atoms with Crippen LogP contribution < -0.4 is 10.9 Å². The summed E-state index contributed by atoms with van der Waals surface area (Å²) in [6, 6.07) is 14.7. The van der Waals surface area contributed by atoms with Gasteiger partial charge in [-0.3, -0.25) is 9.59 Å². The summed E-state index contributed by atoms with van der Waals surface area (Å²) in [5, 5.41) is 3.89. The molecule has 0 aliphatic carbocycles. The normalized spacial score (nSPS) is 11.5. The van der Waals surface area contributed by atoms with Crippen LogP contribution in [0.5, 0.6) is 0 Å². The number of H-pyrrole nitrogens is 1. The molecule has 3 rings (SSSR count). The van der Waals surface area contributed by atoms with Crippen molar-refractivity contribution in [3.63, 3.8) is 0 Å². The van der Waals surface area contributed by atoms with Crippen LogP contribution in [-0.2, 0) is 5.41 Å². The second-order valence-corrected chi connectivity index (χ2v) is 8.15. The van der Waals surface area contributed by atoms with E-state index in [-0.39, 0.29) is 16.9 Å². The second kappa shape index (κ2) is 6.63. The summed E-state index contributed by atoms with van der Waals surface area (Å²) >= 11 is 2.14. The molecule has 2 aromatic carbocycles. The first-order valence-electron chi connectivity index (χ1n) is 7.99. The number of carbonyl (C=O) groups is 1. The van der Waals surface area contributed by atoms with Gasteiger partial charge < -0.3 is 10.3 Å². The van der Waals surface area contributed by atoms with Crippen LogP contribution in [0.4, 0.5) is 5.69 Å². The summed E-state index contributed by atoms with van der Waals surface area (Å²) in [6.07, 6.45) is 0. The SMILES string of the molecule is CC(C)(C)c1cc(=O)[nH]c2cc(NC(=O)c3ccccc3I)ccc12. The third kappa shape index (κ3) is 3.76. The van der Waals surface area contributed by atoms with E-state index in [0.29, 0.717) is 11.3 Å². The molecule has 0 radical (unpaired) electrons. The highest BCUT2D eigenvalue weighted by Gasteiger charge is 2.18. The molecule has 1 heterocycles. The average molecular weight is 446 g/mol. The highest BCUT2D eigenvalue weighted by molar-refractivity contribution is 14.1. The van der Waals surface area contributed by atoms with Gasteiger partial charge in [0.1, 0.15) is 0 Å². The van der Waals surface area contributed by atoms with Crippen LogP contribution in [0.25, 0.3) is 10.9 Å². The van der Waals surface area contributed by atoms with E-state index < -0.39 is 0 Å². The Hall–Kier alpha value is -2.15. The van der Waals surface area contributed by atoms with Gasteiger partial charge in [-0.15, -0.1) is 0 Å². The largest absolute Gasteiger partial charge is 0.322 e. The smallest absolute Gasteiger partial charge is 0.256 e. The number of aromatic amines is 1. The van der Waals surface area contributed by atoms with Crippen molar-refractivity contribution in [3.8, 4) is 0 Å². The molecule has 0 saturated heterocycles. The van der Waals surface area contributed by atoms with E-state index in [1.54, 1.807) is 18.2 Å². The molecule has 5 heteroatoms. The molecule has 1 aromatic heterocycles. The van der Waals surface area contributed by atoms with E-state index in [1.165, 1.54) is 0 Å². The molecule has 2 N–H and O–H groups in total. The van der Waals surface area contributed by atoms with Crippen molar-refractivity contribution >= 4 is 45.1 Å². The first-order valence-corrected chi connectivity index (χ1v) is 9.07. The predicted octanol–water partition coefficient (Wildman–Crippen LogP) is 4.68. The summed E-state index contributed by atoms with van der Waals surface area (Å²) in [6.45, 7) is 6.23. The molecule has 4 nitrogen and oxygen atoms in total. The van der Waals surface area contributed by atoms with Gasteiger partial charge in [-0.2, -0.15) is 0 Å². The van der Waals surface area contributed by atoms with Crippen molar-refractivity contribution in [2.24, 2.45) is 0 Å². The van der Waals surface area contributed by atoms with Gasteiger partial charge in [-0.1, -0.05) is 39.0 Å². The predicted molar refractivity (Wildman–Crippen MR) is 110 cm³/mol. The summed E-state index contributed by atoms with van der Waals surface area (Å²) in [5.41, 5.74) is 2.70. The van der Waals surface area contributed by atoms with Gasteiger partial charge in [0.25, 0.3) is 5.91 Å². The van der Waals surface area contributed by atoms with E-state index in [0.717, 1.165) is 20.0 Å². The summed E-state index contributed by atoms with van der Waals surface area (Å²) < 4.78 is 0.891. The van der Waals surface area contributed by atoms with E-state index in [1.807, 2.05) is 30.3 Å². The van der Waals surface area contributed by atoms with Crippen LogP contribution in [0.15, 0.2) is 53.3 Å². The minimum atomic E-state index is -0.168. The number of pyridine rings is 1. The summed E-state index contributed by atoms with van der Waals surface area (Å²) in [5.74, 6) is -0.168. The van der Waals surface area contributed by atoms with Crippen molar-refractivity contribution in [2.45, 2.75) is 26.2 Å². The highest BCUT2D eigenvalue weighted by Crippen LogP contribution is 2.29. The monoisotopic (exact) mass is 446 g/mol. The molecule has 0 unspecified atom stereocenters. The fourth-order valence-corrected chi connectivity index (χ4v) is 3.43. The number of anilines is 1. The van der Waals surface area contributed by atoms with Gasteiger partial charge in [-0.25, -0.2) is 0 Å². The Morgan fingerprint density at radius 3 is 2.48 bits per heavy atom. The van der Waals surface area contributed by atoms with Crippen molar-refractivity contribution in [1.29, 1.82) is 0 Å². The molecule has 128 valence electrons. The fraction of sp³-hybridized carbons (Fsp3) is 0.200. The maximum Gasteiger partial charge on any atom is 0.256 e. The van der Waals surface area contributed by atoms with Gasteiger partial charge >= 0.3 is 0 Å². The zero-order valence-electron chi connectivity index (χ0n) is 14.3. The molecule has 3 aromatic rings. The molecule has 0 aliphatic heterocycles. The van der Waals surface area contributed by atoms with Crippen LogP contribution in [-0.4, -0.2) is 10.9 Å². The molecule has 1 amide bonds. The van der Waals surface area contributed by atoms with Crippen molar-refractivity contribution in [3.05, 3.63) is 73.6 Å². The lowest BCUT2D eigenvalue weighted by atomic mass is 9.85. The molecule has 0 atom stereocenters. The quantitative estimate of drug-likeness (QED) is 0.562. The molecule has 0 aliphatic rings. The maximum absolute atomic E-state index is 12.5. The molecule has 25 heavy (non-hydrogen) atoms. The fourth-order valence-electron chi connectivity index (χ4n) is 2.80. The van der Waals surface area contributed by atoms with Crippen LogP contribution in [0, 0.1) is 3.57 Å². The van der Waals surface area contributed by atoms with E-state index in [4.69, 9.17) is 0 Å². The standard InChI is InChI=1S/C20H19IN2O2/c1-20(2,3)15-11-18(24)23-17-10-12(8-9-13(15)17)22-19(25)14-6-4-5-7-16(14)21/h4-11H,1-3H3,(H,22,25)(H,23,24). The number of benzene rings is 2. The number of aromatic nitrogens is 1. The van der Waals surface area contributed by atoms with Gasteiger partial charge in [-0.05, 0) is 57.8 Å². The number of hydrogen-bond acceptors (Lipinski definition) is 2. The average Bonchev–Trinajstić information content (AvgIpc) is 2.53. The molecular formula is C20H19IN2O2.